The summed E-state index contributed by atoms with van der Waals surface area (Å²) in [6.45, 7) is 5.50. The Kier molecular flexibility index (Phi) is 8.25. The molecule has 0 atom stereocenters. The Morgan fingerprint density at radius 1 is 0.970 bits per heavy atom. The lowest BCUT2D eigenvalue weighted by Gasteiger charge is -2.10. The van der Waals surface area contributed by atoms with Gasteiger partial charge in [-0.25, -0.2) is 9.59 Å². The highest BCUT2D eigenvalue weighted by molar-refractivity contribution is 7.15. The third-order valence-electron chi connectivity index (χ3n) is 4.83. The van der Waals surface area contributed by atoms with Crippen molar-refractivity contribution in [1.82, 2.24) is 0 Å². The van der Waals surface area contributed by atoms with Crippen molar-refractivity contribution in [2.45, 2.75) is 26.7 Å². The monoisotopic (exact) mass is 485 g/mol. The van der Waals surface area contributed by atoms with Crippen LogP contribution in [0.5, 0.6) is 0 Å². The lowest BCUT2D eigenvalue weighted by molar-refractivity contribution is -0.119. The van der Waals surface area contributed by atoms with E-state index in [1.54, 1.807) is 48.7 Å². The molecular formula is C25H24ClNO5S. The largest absolute Gasteiger partial charge is 0.462 e. The van der Waals surface area contributed by atoms with Gasteiger partial charge in [-0.05, 0) is 36.6 Å². The first-order chi connectivity index (χ1) is 15.8. The molecular weight excluding hydrogens is 462 g/mol. The van der Waals surface area contributed by atoms with E-state index in [1.165, 1.54) is 11.3 Å². The van der Waals surface area contributed by atoms with Gasteiger partial charge in [0.2, 0.25) is 0 Å². The second kappa shape index (κ2) is 11.1. The van der Waals surface area contributed by atoms with E-state index in [0.29, 0.717) is 32.6 Å². The molecule has 0 aliphatic carbocycles. The zero-order chi connectivity index (χ0) is 24.0. The molecule has 0 aliphatic heterocycles. The van der Waals surface area contributed by atoms with Crippen LogP contribution in [0.4, 0.5) is 5.00 Å². The molecule has 0 aliphatic rings. The van der Waals surface area contributed by atoms with Gasteiger partial charge in [0.15, 0.2) is 6.61 Å². The topological polar surface area (TPSA) is 81.7 Å². The average molecular weight is 486 g/mol. The lowest BCUT2D eigenvalue weighted by atomic mass is 10.0. The normalized spacial score (nSPS) is 10.7. The number of anilines is 1. The summed E-state index contributed by atoms with van der Waals surface area (Å²) < 4.78 is 10.3. The highest BCUT2D eigenvalue weighted by atomic mass is 35.5. The molecule has 0 saturated heterocycles. The van der Waals surface area contributed by atoms with Gasteiger partial charge in [0.1, 0.15) is 10.6 Å². The molecule has 8 heteroatoms. The number of ether oxygens (including phenoxy) is 2. The van der Waals surface area contributed by atoms with Crippen molar-refractivity contribution in [2.24, 2.45) is 0 Å². The smallest absolute Gasteiger partial charge is 0.341 e. The quantitative estimate of drug-likeness (QED) is 0.386. The SMILES string of the molecule is CCOC(=O)c1c(-c2ccccc2Cl)csc1NC(=O)COC(=O)c1ccc(C(C)C)cc1. The van der Waals surface area contributed by atoms with Gasteiger partial charge in [-0.2, -0.15) is 0 Å². The van der Waals surface area contributed by atoms with E-state index < -0.39 is 24.5 Å². The first-order valence-corrected chi connectivity index (χ1v) is 11.7. The minimum atomic E-state index is -0.603. The number of amides is 1. The Hall–Kier alpha value is -3.16. The first-order valence-electron chi connectivity index (χ1n) is 10.4. The third kappa shape index (κ3) is 6.00. The van der Waals surface area contributed by atoms with Gasteiger partial charge in [-0.15, -0.1) is 11.3 Å². The molecule has 0 saturated carbocycles. The maximum absolute atomic E-state index is 12.6. The van der Waals surface area contributed by atoms with Crippen LogP contribution in [0.25, 0.3) is 11.1 Å². The molecule has 0 unspecified atom stereocenters. The van der Waals surface area contributed by atoms with Crippen molar-refractivity contribution in [1.29, 1.82) is 0 Å². The maximum atomic E-state index is 12.6. The van der Waals surface area contributed by atoms with Crippen LogP contribution in [-0.4, -0.2) is 31.1 Å². The average Bonchev–Trinajstić information content (AvgIpc) is 3.21. The predicted octanol–water partition coefficient (Wildman–Crippen LogP) is 6.16. The van der Waals surface area contributed by atoms with Crippen molar-refractivity contribution < 1.29 is 23.9 Å². The van der Waals surface area contributed by atoms with Gasteiger partial charge in [0.05, 0.1) is 12.2 Å². The zero-order valence-corrected chi connectivity index (χ0v) is 20.1. The van der Waals surface area contributed by atoms with Gasteiger partial charge >= 0.3 is 11.9 Å². The molecule has 1 amide bonds. The van der Waals surface area contributed by atoms with Gasteiger partial charge in [0.25, 0.3) is 5.91 Å². The lowest BCUT2D eigenvalue weighted by Crippen LogP contribution is -2.21. The van der Waals surface area contributed by atoms with E-state index in [4.69, 9.17) is 21.1 Å². The van der Waals surface area contributed by atoms with Crippen molar-refractivity contribution in [3.63, 3.8) is 0 Å². The molecule has 33 heavy (non-hydrogen) atoms. The van der Waals surface area contributed by atoms with Crippen molar-refractivity contribution in [2.75, 3.05) is 18.5 Å². The summed E-state index contributed by atoms with van der Waals surface area (Å²) in [5.74, 6) is -1.41. The minimum Gasteiger partial charge on any atom is -0.462 e. The fraction of sp³-hybridized carbons (Fsp3) is 0.240. The molecule has 2 aromatic carbocycles. The van der Waals surface area contributed by atoms with Crippen LogP contribution in [0.15, 0.2) is 53.9 Å². The zero-order valence-electron chi connectivity index (χ0n) is 18.5. The minimum absolute atomic E-state index is 0.178. The fourth-order valence-electron chi connectivity index (χ4n) is 3.11. The van der Waals surface area contributed by atoms with E-state index in [9.17, 15) is 14.4 Å². The molecule has 0 fully saturated rings. The molecule has 0 radical (unpaired) electrons. The van der Waals surface area contributed by atoms with Gasteiger partial charge in [-0.3, -0.25) is 4.79 Å². The summed E-state index contributed by atoms with van der Waals surface area (Å²) in [5.41, 5.74) is 2.87. The summed E-state index contributed by atoms with van der Waals surface area (Å²) in [5, 5.41) is 5.14. The summed E-state index contributed by atoms with van der Waals surface area (Å²) >= 11 is 7.47. The summed E-state index contributed by atoms with van der Waals surface area (Å²) in [4.78, 5) is 37.4. The van der Waals surface area contributed by atoms with E-state index in [-0.39, 0.29) is 12.2 Å². The molecule has 172 valence electrons. The van der Waals surface area contributed by atoms with E-state index >= 15 is 0 Å². The van der Waals surface area contributed by atoms with Crippen molar-refractivity contribution in [3.05, 3.63) is 75.6 Å². The Morgan fingerprint density at radius 3 is 2.30 bits per heavy atom. The van der Waals surface area contributed by atoms with Crippen LogP contribution in [0.3, 0.4) is 0 Å². The number of carbonyl (C=O) groups excluding carboxylic acids is 3. The number of esters is 2. The van der Waals surface area contributed by atoms with Crippen molar-refractivity contribution >= 4 is 45.8 Å². The second-order valence-electron chi connectivity index (χ2n) is 7.45. The molecule has 3 rings (SSSR count). The number of thiophene rings is 1. The van der Waals surface area contributed by atoms with E-state index in [0.717, 1.165) is 5.56 Å². The van der Waals surface area contributed by atoms with Crippen molar-refractivity contribution in [3.8, 4) is 11.1 Å². The summed E-state index contributed by atoms with van der Waals surface area (Å²) in [6.07, 6.45) is 0. The van der Waals surface area contributed by atoms with Crippen LogP contribution >= 0.6 is 22.9 Å². The summed E-state index contributed by atoms with van der Waals surface area (Å²) in [7, 11) is 0. The molecule has 1 aromatic heterocycles. The highest BCUT2D eigenvalue weighted by Gasteiger charge is 2.24. The fourth-order valence-corrected chi connectivity index (χ4v) is 4.32. The van der Waals surface area contributed by atoms with Crippen LogP contribution in [-0.2, 0) is 14.3 Å². The molecule has 1 heterocycles. The van der Waals surface area contributed by atoms with Gasteiger partial charge < -0.3 is 14.8 Å². The third-order valence-corrected chi connectivity index (χ3v) is 6.06. The number of benzene rings is 2. The summed E-state index contributed by atoms with van der Waals surface area (Å²) in [6, 6.07) is 14.1. The maximum Gasteiger partial charge on any atom is 0.341 e. The Labute approximate surface area is 201 Å². The van der Waals surface area contributed by atoms with Gasteiger partial charge in [0, 0.05) is 21.5 Å². The number of hydrogen-bond donors (Lipinski definition) is 1. The van der Waals surface area contributed by atoms with Crippen LogP contribution in [0.1, 0.15) is 53.0 Å². The second-order valence-corrected chi connectivity index (χ2v) is 8.74. The van der Waals surface area contributed by atoms with E-state index in [1.807, 2.05) is 12.1 Å². The molecule has 1 N–H and O–H groups in total. The molecule has 0 spiro atoms. The highest BCUT2D eigenvalue weighted by Crippen LogP contribution is 2.39. The van der Waals surface area contributed by atoms with Crippen LogP contribution in [0, 0.1) is 0 Å². The number of carbonyl (C=O) groups is 3. The Bertz CT molecular complexity index is 1150. The molecule has 6 nitrogen and oxygen atoms in total. The number of halogens is 1. The van der Waals surface area contributed by atoms with Crippen LogP contribution < -0.4 is 5.32 Å². The number of rotatable bonds is 8. The number of hydrogen-bond acceptors (Lipinski definition) is 6. The molecule has 3 aromatic rings. The standard InChI is InChI=1S/C25H24ClNO5S/c1-4-31-25(30)22-19(18-7-5-6-8-20(18)26)14-33-23(22)27-21(28)13-32-24(29)17-11-9-16(10-12-17)15(2)3/h5-12,14-15H,4,13H2,1-3H3,(H,27,28). The van der Waals surface area contributed by atoms with Crippen LogP contribution in [0.2, 0.25) is 5.02 Å². The number of nitrogens with one attached hydrogen (secondary N) is 1. The first kappa shape index (κ1) is 24.5. The molecule has 0 bridgehead atoms. The Balaban J connectivity index is 1.73. The Morgan fingerprint density at radius 2 is 1.67 bits per heavy atom. The van der Waals surface area contributed by atoms with Gasteiger partial charge in [-0.1, -0.05) is 55.8 Å². The predicted molar refractivity (Wildman–Crippen MR) is 130 cm³/mol. The van der Waals surface area contributed by atoms with E-state index in [2.05, 4.69) is 19.2 Å².